The second-order valence-electron chi connectivity index (χ2n) is 4.20. The molecule has 0 aliphatic heterocycles. The first-order valence-corrected chi connectivity index (χ1v) is 5.52. The molecule has 0 atom stereocenters. The summed E-state index contributed by atoms with van der Waals surface area (Å²) in [4.78, 5) is 17.5. The molecule has 0 fully saturated rings. The van der Waals surface area contributed by atoms with E-state index in [0.29, 0.717) is 0 Å². The van der Waals surface area contributed by atoms with E-state index in [1.165, 1.54) is 4.90 Å². The molecular weight excluding hydrogens is 230 g/mol. The number of aryl methyl sites for hydroxylation is 2. The van der Waals surface area contributed by atoms with Gasteiger partial charge in [0.25, 0.3) is 5.91 Å². The van der Waals surface area contributed by atoms with Crippen LogP contribution in [0.4, 0.5) is 11.6 Å². The lowest BCUT2D eigenvalue weighted by Gasteiger charge is -2.18. The minimum absolute atomic E-state index is 0.0624. The molecular formula is C12H15N5O. The van der Waals surface area contributed by atoms with Gasteiger partial charge in [-0.05, 0) is 25.5 Å². The van der Waals surface area contributed by atoms with E-state index in [-0.39, 0.29) is 17.7 Å². The van der Waals surface area contributed by atoms with Crippen molar-refractivity contribution in [2.45, 2.75) is 13.8 Å². The van der Waals surface area contributed by atoms with E-state index in [4.69, 9.17) is 5.73 Å². The van der Waals surface area contributed by atoms with Crippen molar-refractivity contribution in [3.05, 3.63) is 35.2 Å². The van der Waals surface area contributed by atoms with Crippen LogP contribution in [-0.2, 0) is 0 Å². The molecule has 0 radical (unpaired) electrons. The number of nitrogens with zero attached hydrogens (tertiary/aromatic N) is 3. The van der Waals surface area contributed by atoms with Gasteiger partial charge in [0.2, 0.25) is 11.8 Å². The van der Waals surface area contributed by atoms with Gasteiger partial charge in [0, 0.05) is 12.7 Å². The van der Waals surface area contributed by atoms with Gasteiger partial charge in [0.05, 0.1) is 0 Å². The Hall–Kier alpha value is -2.37. The van der Waals surface area contributed by atoms with E-state index >= 15 is 0 Å². The number of carbonyl (C=O) groups excluding carboxylic acids is 1. The number of carbonyl (C=O) groups is 1. The van der Waals surface area contributed by atoms with Crippen LogP contribution in [0.1, 0.15) is 21.7 Å². The molecule has 0 saturated heterocycles. The highest BCUT2D eigenvalue weighted by atomic mass is 16.2. The van der Waals surface area contributed by atoms with Crippen molar-refractivity contribution in [1.29, 1.82) is 0 Å². The molecule has 0 spiro atoms. The maximum absolute atomic E-state index is 12.1. The number of aromatic nitrogens is 3. The number of anilines is 2. The number of H-pyrrole nitrogens is 1. The van der Waals surface area contributed by atoms with Crippen molar-refractivity contribution in [3.63, 3.8) is 0 Å². The lowest BCUT2D eigenvalue weighted by Crippen LogP contribution is -2.28. The van der Waals surface area contributed by atoms with Gasteiger partial charge in [-0.3, -0.25) is 9.89 Å². The van der Waals surface area contributed by atoms with E-state index in [9.17, 15) is 4.79 Å². The van der Waals surface area contributed by atoms with Crippen molar-refractivity contribution < 1.29 is 4.79 Å². The maximum atomic E-state index is 12.1. The van der Waals surface area contributed by atoms with Crippen LogP contribution in [0.3, 0.4) is 0 Å². The molecule has 2 aromatic rings. The van der Waals surface area contributed by atoms with Gasteiger partial charge in [0.1, 0.15) is 0 Å². The monoisotopic (exact) mass is 245 g/mol. The van der Waals surface area contributed by atoms with Gasteiger partial charge in [0.15, 0.2) is 0 Å². The molecule has 1 aromatic heterocycles. The van der Waals surface area contributed by atoms with Crippen LogP contribution in [0.5, 0.6) is 0 Å². The lowest BCUT2D eigenvalue weighted by atomic mass is 10.1. The molecule has 1 aromatic carbocycles. The van der Waals surface area contributed by atoms with E-state index in [0.717, 1.165) is 16.8 Å². The second kappa shape index (κ2) is 4.48. The molecule has 18 heavy (non-hydrogen) atoms. The van der Waals surface area contributed by atoms with Crippen LogP contribution < -0.4 is 10.6 Å². The summed E-state index contributed by atoms with van der Waals surface area (Å²) in [6.07, 6.45) is 0. The third kappa shape index (κ3) is 2.17. The summed E-state index contributed by atoms with van der Waals surface area (Å²) < 4.78 is 0. The van der Waals surface area contributed by atoms with E-state index < -0.39 is 0 Å². The predicted octanol–water partition coefficient (Wildman–Crippen LogP) is 1.28. The number of aromatic amines is 1. The SMILES string of the molecule is Cc1ccc(N(C)C(=O)c2nc(N)n[nH]2)c(C)c1. The molecule has 2 rings (SSSR count). The average molecular weight is 245 g/mol. The average Bonchev–Trinajstić information content (AvgIpc) is 2.74. The maximum Gasteiger partial charge on any atom is 0.295 e. The number of hydrogen-bond donors (Lipinski definition) is 2. The molecule has 0 bridgehead atoms. The Morgan fingerprint density at radius 1 is 1.39 bits per heavy atom. The van der Waals surface area contributed by atoms with Crippen LogP contribution >= 0.6 is 0 Å². The predicted molar refractivity (Wildman–Crippen MR) is 69.4 cm³/mol. The lowest BCUT2D eigenvalue weighted by molar-refractivity contribution is 0.0983. The first-order valence-electron chi connectivity index (χ1n) is 5.52. The smallest absolute Gasteiger partial charge is 0.295 e. The fourth-order valence-corrected chi connectivity index (χ4v) is 1.82. The fourth-order valence-electron chi connectivity index (χ4n) is 1.82. The van der Waals surface area contributed by atoms with Crippen molar-refractivity contribution in [2.24, 2.45) is 0 Å². The number of nitrogen functional groups attached to an aromatic ring is 1. The summed E-state index contributed by atoms with van der Waals surface area (Å²) in [5.74, 6) is -0.0755. The number of amides is 1. The zero-order valence-corrected chi connectivity index (χ0v) is 10.6. The molecule has 0 saturated carbocycles. The molecule has 1 heterocycles. The Balaban J connectivity index is 2.31. The van der Waals surface area contributed by atoms with Crippen molar-refractivity contribution in [1.82, 2.24) is 15.2 Å². The number of nitrogens with two attached hydrogens (primary N) is 1. The molecule has 0 aliphatic carbocycles. The van der Waals surface area contributed by atoms with E-state index in [1.54, 1.807) is 7.05 Å². The minimum Gasteiger partial charge on any atom is -0.366 e. The molecule has 1 amide bonds. The quantitative estimate of drug-likeness (QED) is 0.834. The summed E-state index contributed by atoms with van der Waals surface area (Å²) in [5, 5.41) is 6.15. The van der Waals surface area contributed by atoms with Crippen molar-refractivity contribution >= 4 is 17.5 Å². The topological polar surface area (TPSA) is 87.9 Å². The molecule has 0 aliphatic rings. The molecule has 94 valence electrons. The van der Waals surface area contributed by atoms with Crippen LogP contribution in [0.15, 0.2) is 18.2 Å². The highest BCUT2D eigenvalue weighted by Gasteiger charge is 2.18. The Morgan fingerprint density at radius 2 is 2.11 bits per heavy atom. The van der Waals surface area contributed by atoms with Crippen molar-refractivity contribution in [2.75, 3.05) is 17.7 Å². The van der Waals surface area contributed by atoms with Gasteiger partial charge >= 0.3 is 0 Å². The zero-order valence-electron chi connectivity index (χ0n) is 10.6. The van der Waals surface area contributed by atoms with Crippen LogP contribution in [0.2, 0.25) is 0 Å². The zero-order chi connectivity index (χ0) is 13.3. The Labute approximate surface area is 105 Å². The molecule has 6 heteroatoms. The minimum atomic E-state index is -0.272. The van der Waals surface area contributed by atoms with Crippen LogP contribution in [-0.4, -0.2) is 28.1 Å². The van der Waals surface area contributed by atoms with E-state index in [2.05, 4.69) is 15.2 Å². The normalized spacial score (nSPS) is 10.4. The fraction of sp³-hybridized carbons (Fsp3) is 0.250. The number of hydrogen-bond acceptors (Lipinski definition) is 4. The largest absolute Gasteiger partial charge is 0.366 e. The Bertz CT molecular complexity index is 590. The van der Waals surface area contributed by atoms with E-state index in [1.807, 2.05) is 32.0 Å². The number of benzene rings is 1. The summed E-state index contributed by atoms with van der Waals surface area (Å²) >= 11 is 0. The highest BCUT2D eigenvalue weighted by Crippen LogP contribution is 2.21. The van der Waals surface area contributed by atoms with Gasteiger partial charge in [-0.25, -0.2) is 0 Å². The summed E-state index contributed by atoms with van der Waals surface area (Å²) in [7, 11) is 1.69. The van der Waals surface area contributed by atoms with Crippen LogP contribution in [0, 0.1) is 13.8 Å². The molecule has 3 N–H and O–H groups in total. The third-order valence-electron chi connectivity index (χ3n) is 2.72. The van der Waals surface area contributed by atoms with Crippen molar-refractivity contribution in [3.8, 4) is 0 Å². The van der Waals surface area contributed by atoms with Gasteiger partial charge < -0.3 is 10.6 Å². The third-order valence-corrected chi connectivity index (χ3v) is 2.72. The van der Waals surface area contributed by atoms with Gasteiger partial charge in [-0.2, -0.15) is 4.98 Å². The highest BCUT2D eigenvalue weighted by molar-refractivity contribution is 6.03. The Morgan fingerprint density at radius 3 is 2.67 bits per heavy atom. The molecule has 0 unspecified atom stereocenters. The molecule has 6 nitrogen and oxygen atoms in total. The Kier molecular flexibility index (Phi) is 3.01. The number of nitrogens with one attached hydrogen (secondary N) is 1. The van der Waals surface area contributed by atoms with Gasteiger partial charge in [-0.1, -0.05) is 17.7 Å². The van der Waals surface area contributed by atoms with Gasteiger partial charge in [-0.15, -0.1) is 5.10 Å². The first kappa shape index (κ1) is 12.1. The standard InChI is InChI=1S/C12H15N5O/c1-7-4-5-9(8(2)6-7)17(3)11(18)10-14-12(13)16-15-10/h4-6H,1-3H3,(H3,13,14,15,16). The summed E-state index contributed by atoms with van der Waals surface area (Å²) in [6.45, 7) is 3.97. The second-order valence-corrected chi connectivity index (χ2v) is 4.20. The first-order chi connectivity index (χ1) is 8.49. The summed E-state index contributed by atoms with van der Waals surface area (Å²) in [6, 6.07) is 5.89. The number of rotatable bonds is 2. The van der Waals surface area contributed by atoms with Crippen LogP contribution in [0.25, 0.3) is 0 Å². The summed E-state index contributed by atoms with van der Waals surface area (Å²) in [5.41, 5.74) is 8.39.